The summed E-state index contributed by atoms with van der Waals surface area (Å²) < 4.78 is 19.7. The van der Waals surface area contributed by atoms with Crippen LogP contribution in [0.1, 0.15) is 55.3 Å². The van der Waals surface area contributed by atoms with Crippen LogP contribution in [-0.2, 0) is 23.9 Å². The zero-order valence-electron chi connectivity index (χ0n) is 22.1. The monoisotopic (exact) mass is 504 g/mol. The van der Waals surface area contributed by atoms with Crippen molar-refractivity contribution in [2.75, 3.05) is 6.58 Å². The molecule has 9 atom stereocenters. The van der Waals surface area contributed by atoms with E-state index < -0.39 is 76.3 Å². The number of ether oxygens (including phenoxy) is 2. The van der Waals surface area contributed by atoms with Crippen molar-refractivity contribution >= 4 is 23.9 Å². The van der Waals surface area contributed by atoms with Gasteiger partial charge in [0, 0.05) is 41.9 Å². The van der Waals surface area contributed by atoms with Crippen molar-refractivity contribution in [2.24, 2.45) is 29.1 Å². The molecule has 0 aromatic rings. The molecular weight excluding hydrogens is 468 g/mol. The van der Waals surface area contributed by atoms with E-state index in [0.29, 0.717) is 12.6 Å². The Morgan fingerprint density at radius 1 is 1.33 bits per heavy atom. The highest BCUT2D eigenvalue weighted by Gasteiger charge is 2.88. The summed E-state index contributed by atoms with van der Waals surface area (Å²) in [4.78, 5) is 41.2. The first-order chi connectivity index (χ1) is 17.1. The van der Waals surface area contributed by atoms with Gasteiger partial charge in [-0.25, -0.2) is 4.79 Å². The predicted octanol–water partition coefficient (Wildman–Crippen LogP) is 1.13. The Morgan fingerprint density at radius 2 is 2.00 bits per heavy atom. The molecule has 1 unspecified atom stereocenters. The fourth-order valence-electron chi connectivity index (χ4n) is 7.39. The van der Waals surface area contributed by atoms with Gasteiger partial charge in [-0.2, -0.15) is 4.79 Å². The van der Waals surface area contributed by atoms with Crippen LogP contribution in [-0.4, -0.2) is 73.5 Å². The zero-order valence-corrected chi connectivity index (χ0v) is 21.1. The van der Waals surface area contributed by atoms with Gasteiger partial charge >= 0.3 is 18.2 Å². The topological polar surface area (TPSA) is 167 Å². The van der Waals surface area contributed by atoms with Crippen molar-refractivity contribution in [1.82, 2.24) is 0 Å². The van der Waals surface area contributed by atoms with Crippen LogP contribution in [0.25, 0.3) is 5.53 Å². The van der Waals surface area contributed by atoms with E-state index in [9.17, 15) is 29.7 Å². The van der Waals surface area contributed by atoms with Gasteiger partial charge in [0.2, 0.25) is 0 Å². The van der Waals surface area contributed by atoms with Gasteiger partial charge < -0.3 is 30.3 Å². The van der Waals surface area contributed by atoms with Crippen molar-refractivity contribution in [3.8, 4) is 0 Å². The van der Waals surface area contributed by atoms with Crippen LogP contribution in [0.15, 0.2) is 23.3 Å². The third kappa shape index (κ3) is 3.24. The molecule has 10 heteroatoms. The molecule has 4 aliphatic rings. The maximum Gasteiger partial charge on any atom is 0.414 e. The van der Waals surface area contributed by atoms with E-state index in [1.165, 1.54) is 19.1 Å². The van der Waals surface area contributed by atoms with Crippen LogP contribution in [0.2, 0.25) is 0 Å². The summed E-state index contributed by atoms with van der Waals surface area (Å²) in [6, 6.07) is 0. The molecule has 0 aromatic heterocycles. The molecule has 0 amide bonds. The Balaban J connectivity index is 1.96. The maximum atomic E-state index is 13.2. The Bertz CT molecular complexity index is 1160. The highest BCUT2D eigenvalue weighted by Crippen LogP contribution is 2.77. The number of esters is 2. The van der Waals surface area contributed by atoms with Crippen LogP contribution >= 0.6 is 0 Å². The van der Waals surface area contributed by atoms with Gasteiger partial charge in [-0.05, 0) is 24.5 Å². The van der Waals surface area contributed by atoms with Gasteiger partial charge in [-0.15, -0.1) is 0 Å². The standard InChI is InChI=1S/C26H34N2O8/c1-6-7-18(30)35-22-14(3)25(34)16(20-23(4,5)26(20,22)36-19(31)11-28-27)9-15(12-29)10-24(33)17(25)8-13(2)21(24)32/h8-9,11,14,16-17,20,22,29,33-34H,6-7,10,12H2,1-5H3/t14-,16+,17-,20-,22-,24-,25-,26-/m1/s1/i12T/t12?,14-,16+,17-,20-,22-,24-,25-,26-. The van der Waals surface area contributed by atoms with E-state index in [-0.39, 0.29) is 24.0 Å². The lowest BCUT2D eigenvalue weighted by Gasteiger charge is -2.53. The second kappa shape index (κ2) is 8.45. The number of hydrogen-bond acceptors (Lipinski definition) is 8. The van der Waals surface area contributed by atoms with E-state index in [2.05, 4.69) is 4.79 Å². The Labute approximate surface area is 211 Å². The van der Waals surface area contributed by atoms with Crippen LogP contribution in [0.5, 0.6) is 0 Å². The average molecular weight is 505 g/mol. The lowest BCUT2D eigenvalue weighted by molar-refractivity contribution is -0.227. The number of fused-ring (bicyclic) bond motifs is 5. The Kier molecular flexibility index (Phi) is 5.87. The normalized spacial score (nSPS) is 43.2. The zero-order chi connectivity index (χ0) is 27.7. The lowest BCUT2D eigenvalue weighted by atomic mass is 9.59. The highest BCUT2D eigenvalue weighted by molar-refractivity contribution is 6.20. The molecule has 0 heterocycles. The van der Waals surface area contributed by atoms with E-state index in [4.69, 9.17) is 16.4 Å². The number of carbonyl (C=O) groups is 3. The summed E-state index contributed by atoms with van der Waals surface area (Å²) in [6.45, 7) is 6.73. The van der Waals surface area contributed by atoms with E-state index in [1.54, 1.807) is 27.7 Å². The lowest BCUT2D eigenvalue weighted by Crippen LogP contribution is -2.66. The van der Waals surface area contributed by atoms with Crippen molar-refractivity contribution in [3.05, 3.63) is 28.8 Å². The molecule has 4 rings (SSSR count). The van der Waals surface area contributed by atoms with E-state index in [1.807, 2.05) is 0 Å². The summed E-state index contributed by atoms with van der Waals surface area (Å²) in [7, 11) is 0. The SMILES string of the molecule is [3H]C(O)C1=C[C@H]2[C@@H]3C(C)(C)[C@]3(OC(=O)C=[N+]=[N-])[C@H](OC(=O)CCC)[C@@H](C)[C@]2(O)[C@@H]2C=C(C)C(=O)[C@@]2(O)C1. The summed E-state index contributed by atoms with van der Waals surface area (Å²) >= 11 is 0. The molecule has 0 aromatic carbocycles. The van der Waals surface area contributed by atoms with E-state index >= 15 is 0 Å². The van der Waals surface area contributed by atoms with Gasteiger partial charge in [0.1, 0.15) is 11.7 Å². The third-order valence-electron chi connectivity index (χ3n) is 9.02. The summed E-state index contributed by atoms with van der Waals surface area (Å²) in [5, 5.41) is 34.5. The molecule has 0 aliphatic heterocycles. The van der Waals surface area contributed by atoms with Gasteiger partial charge in [0.25, 0.3) is 0 Å². The summed E-state index contributed by atoms with van der Waals surface area (Å²) in [5.74, 6) is -5.86. The first kappa shape index (κ1) is 25.0. The minimum Gasteiger partial charge on any atom is -0.458 e. The molecule has 2 saturated carbocycles. The average Bonchev–Trinajstić information content (AvgIpc) is 3.23. The van der Waals surface area contributed by atoms with Crippen LogP contribution in [0.3, 0.4) is 0 Å². The number of aliphatic hydroxyl groups is 3. The van der Waals surface area contributed by atoms with E-state index in [0.717, 1.165) is 0 Å². The van der Waals surface area contributed by atoms with Crippen LogP contribution in [0.4, 0.5) is 0 Å². The number of aliphatic hydroxyl groups excluding tert-OH is 1. The molecule has 0 radical (unpaired) electrons. The molecular formula is C26H34N2O8. The van der Waals surface area contributed by atoms with Gasteiger partial charge in [0.15, 0.2) is 11.4 Å². The fourth-order valence-corrected chi connectivity index (χ4v) is 7.39. The molecule has 0 saturated heterocycles. The summed E-state index contributed by atoms with van der Waals surface area (Å²) in [5.41, 5.74) is 2.83. The fraction of sp³-hybridized carbons (Fsp3) is 0.692. The number of hydrogen-bond donors (Lipinski definition) is 3. The highest BCUT2D eigenvalue weighted by atomic mass is 16.6. The summed E-state index contributed by atoms with van der Waals surface area (Å²) in [6.07, 6.45) is 2.64. The van der Waals surface area contributed by atoms with Crippen molar-refractivity contribution in [2.45, 2.75) is 76.8 Å². The molecule has 3 N–H and O–H groups in total. The van der Waals surface area contributed by atoms with Gasteiger partial charge in [-0.1, -0.05) is 39.8 Å². The number of ketones is 1. The second-order valence-electron chi connectivity index (χ2n) is 11.1. The number of nitrogens with zero attached hydrogens (tertiary/aromatic N) is 2. The van der Waals surface area contributed by atoms with Crippen molar-refractivity contribution in [3.63, 3.8) is 0 Å². The predicted molar refractivity (Wildman–Crippen MR) is 125 cm³/mol. The molecule has 10 nitrogen and oxygen atoms in total. The minimum absolute atomic E-state index is 0.0540. The van der Waals surface area contributed by atoms with Crippen LogP contribution in [0, 0.1) is 29.1 Å². The molecule has 2 fully saturated rings. The van der Waals surface area contributed by atoms with Crippen molar-refractivity contribution in [1.29, 1.82) is 0 Å². The largest absolute Gasteiger partial charge is 0.458 e. The first-order valence-corrected chi connectivity index (χ1v) is 12.2. The maximum absolute atomic E-state index is 13.2. The van der Waals surface area contributed by atoms with Crippen LogP contribution < -0.4 is 0 Å². The number of carbonyl (C=O) groups excluding carboxylic acids is 3. The molecule has 0 bridgehead atoms. The quantitative estimate of drug-likeness (QED) is 0.159. The molecule has 4 aliphatic carbocycles. The smallest absolute Gasteiger partial charge is 0.414 e. The molecule has 0 spiro atoms. The third-order valence-corrected chi connectivity index (χ3v) is 9.02. The van der Waals surface area contributed by atoms with Gasteiger partial charge in [-0.3, -0.25) is 9.59 Å². The Hall–Kier alpha value is -2.65. The number of rotatable bonds is 6. The van der Waals surface area contributed by atoms with Gasteiger partial charge in [0.05, 0.1) is 13.6 Å². The Morgan fingerprint density at radius 3 is 2.58 bits per heavy atom. The molecule has 36 heavy (non-hydrogen) atoms. The number of Topliss-reactive ketones (excluding diaryl/α,β-unsaturated/α-hetero) is 1. The second-order valence-corrected chi connectivity index (χ2v) is 11.1. The first-order valence-electron chi connectivity index (χ1n) is 12.8. The minimum atomic E-state index is -2.12. The van der Waals surface area contributed by atoms with Crippen molar-refractivity contribution < 1.29 is 45.3 Å². The molecule has 196 valence electrons.